The minimum absolute atomic E-state index is 0.0731. The summed E-state index contributed by atoms with van der Waals surface area (Å²) in [6.07, 6.45) is 0. The Labute approximate surface area is 112 Å². The molecule has 1 heterocycles. The van der Waals surface area contributed by atoms with Gasteiger partial charge in [0.2, 0.25) is 5.28 Å². The molecule has 1 rings (SSSR count). The second kappa shape index (κ2) is 10.3. The van der Waals surface area contributed by atoms with E-state index in [0.717, 1.165) is 0 Å². The summed E-state index contributed by atoms with van der Waals surface area (Å²) < 4.78 is 4.48. The lowest BCUT2D eigenvalue weighted by molar-refractivity contribution is 0.0593. The van der Waals surface area contributed by atoms with Crippen molar-refractivity contribution in [3.05, 3.63) is 21.7 Å². The van der Waals surface area contributed by atoms with Gasteiger partial charge in [-0.3, -0.25) is 0 Å². The highest BCUT2D eigenvalue weighted by Crippen LogP contribution is 2.17. The molecule has 0 amide bonds. The number of carbonyl (C=O) groups is 1. The highest BCUT2D eigenvalue weighted by atomic mass is 35.5. The second-order valence-corrected chi connectivity index (χ2v) is 2.94. The Bertz CT molecular complexity index is 358. The molecule has 0 aliphatic heterocycles. The second-order valence-electron chi connectivity index (χ2n) is 2.25. The Balaban J connectivity index is 0. The average molecular weight is 281 g/mol. The van der Waals surface area contributed by atoms with E-state index in [1.54, 1.807) is 6.92 Å². The molecular formula is C11H18Cl2N2O2. The molecule has 4 nitrogen and oxygen atoms in total. The normalized spacial score (nSPS) is 8.24. The van der Waals surface area contributed by atoms with Crippen LogP contribution in [0, 0.1) is 6.92 Å². The maximum atomic E-state index is 11.1. The molecule has 17 heavy (non-hydrogen) atoms. The highest BCUT2D eigenvalue weighted by molar-refractivity contribution is 6.32. The van der Waals surface area contributed by atoms with E-state index in [1.165, 1.54) is 7.11 Å². The van der Waals surface area contributed by atoms with E-state index in [-0.39, 0.29) is 16.1 Å². The van der Waals surface area contributed by atoms with Gasteiger partial charge in [-0.05, 0) is 18.5 Å². The molecule has 1 aromatic rings. The van der Waals surface area contributed by atoms with Gasteiger partial charge in [0.25, 0.3) is 0 Å². The molecule has 0 N–H and O–H groups in total. The van der Waals surface area contributed by atoms with Crippen LogP contribution in [0.15, 0.2) is 0 Å². The fourth-order valence-corrected chi connectivity index (χ4v) is 1.14. The first-order chi connectivity index (χ1) is 8.06. The number of carbonyl (C=O) groups excluding carboxylic acids is 1. The van der Waals surface area contributed by atoms with Crippen LogP contribution < -0.4 is 0 Å². The molecule has 6 heteroatoms. The average Bonchev–Trinajstić information content (AvgIpc) is 2.37. The van der Waals surface area contributed by atoms with Gasteiger partial charge in [0.1, 0.15) is 5.15 Å². The van der Waals surface area contributed by atoms with Crippen molar-refractivity contribution in [2.24, 2.45) is 0 Å². The third kappa shape index (κ3) is 5.84. The molecule has 98 valence electrons. The van der Waals surface area contributed by atoms with Crippen molar-refractivity contribution in [2.75, 3.05) is 7.11 Å². The summed E-state index contributed by atoms with van der Waals surface area (Å²) in [5, 5.41) is 0.0800. The molecule has 0 unspecified atom stereocenters. The Morgan fingerprint density at radius 2 is 1.59 bits per heavy atom. The van der Waals surface area contributed by atoms with Crippen LogP contribution in [-0.2, 0) is 4.74 Å². The smallest absolute Gasteiger partial charge is 0.357 e. The van der Waals surface area contributed by atoms with Crippen LogP contribution in [-0.4, -0.2) is 23.0 Å². The van der Waals surface area contributed by atoms with Crippen molar-refractivity contribution in [3.63, 3.8) is 0 Å². The minimum atomic E-state index is -0.580. The van der Waals surface area contributed by atoms with Gasteiger partial charge in [0, 0.05) is 5.56 Å². The van der Waals surface area contributed by atoms with Gasteiger partial charge in [-0.1, -0.05) is 39.3 Å². The lowest BCUT2D eigenvalue weighted by Crippen LogP contribution is -2.08. The summed E-state index contributed by atoms with van der Waals surface area (Å²) in [6, 6.07) is 0. The van der Waals surface area contributed by atoms with Gasteiger partial charge in [0.05, 0.1) is 7.11 Å². The monoisotopic (exact) mass is 280 g/mol. The van der Waals surface area contributed by atoms with E-state index in [1.807, 2.05) is 27.7 Å². The summed E-state index contributed by atoms with van der Waals surface area (Å²) in [6.45, 7) is 9.62. The maximum absolute atomic E-state index is 11.1. The van der Waals surface area contributed by atoms with E-state index in [4.69, 9.17) is 23.2 Å². The molecule has 0 aliphatic rings. The number of methoxy groups -OCH3 is 1. The molecule has 0 bridgehead atoms. The maximum Gasteiger partial charge on any atom is 0.357 e. The number of aromatic nitrogens is 2. The van der Waals surface area contributed by atoms with Crippen LogP contribution in [0.5, 0.6) is 0 Å². The van der Waals surface area contributed by atoms with E-state index < -0.39 is 5.97 Å². The first-order valence-corrected chi connectivity index (χ1v) is 6.09. The van der Waals surface area contributed by atoms with Gasteiger partial charge in [-0.15, -0.1) is 0 Å². The molecule has 0 radical (unpaired) electrons. The van der Waals surface area contributed by atoms with Crippen LogP contribution in [0.4, 0.5) is 0 Å². The van der Waals surface area contributed by atoms with Gasteiger partial charge < -0.3 is 4.74 Å². The van der Waals surface area contributed by atoms with Crippen molar-refractivity contribution < 1.29 is 9.53 Å². The molecule has 0 saturated heterocycles. The predicted octanol–water partition coefficient (Wildman–Crippen LogP) is 3.93. The first kappa shape index (κ1) is 18.5. The standard InChI is InChI=1S/C7H6Cl2N2O2.2C2H6/c1-3-4(6(12)13-2)10-7(9)11-5(3)8;2*1-2/h1-2H3;2*1-2H3. The van der Waals surface area contributed by atoms with Gasteiger partial charge >= 0.3 is 5.97 Å². The van der Waals surface area contributed by atoms with E-state index in [9.17, 15) is 4.79 Å². The fraction of sp³-hybridized carbons (Fsp3) is 0.545. The number of ether oxygens (including phenoxy) is 1. The van der Waals surface area contributed by atoms with Crippen molar-refractivity contribution in [2.45, 2.75) is 34.6 Å². The zero-order valence-corrected chi connectivity index (χ0v) is 12.5. The molecular weight excluding hydrogens is 263 g/mol. The quantitative estimate of drug-likeness (QED) is 0.444. The summed E-state index contributed by atoms with van der Waals surface area (Å²) in [5.41, 5.74) is 0.547. The minimum Gasteiger partial charge on any atom is -0.464 e. The van der Waals surface area contributed by atoms with Gasteiger partial charge in [-0.2, -0.15) is 0 Å². The number of halogens is 2. The topological polar surface area (TPSA) is 52.1 Å². The number of esters is 1. The number of rotatable bonds is 1. The summed E-state index contributed by atoms with van der Waals surface area (Å²) >= 11 is 11.2. The molecule has 0 fully saturated rings. The molecule has 0 aromatic carbocycles. The Kier molecular flexibility index (Phi) is 11.2. The zero-order valence-electron chi connectivity index (χ0n) is 11.0. The third-order valence-corrected chi connectivity index (χ3v) is 1.97. The molecule has 1 aromatic heterocycles. The first-order valence-electron chi connectivity index (χ1n) is 5.34. The zero-order chi connectivity index (χ0) is 14.0. The van der Waals surface area contributed by atoms with Crippen molar-refractivity contribution in [1.29, 1.82) is 0 Å². The SMILES string of the molecule is CC.CC.COC(=O)c1nc(Cl)nc(Cl)c1C. The molecule has 0 saturated carbocycles. The van der Waals surface area contributed by atoms with Gasteiger partial charge in [0.15, 0.2) is 5.69 Å². The highest BCUT2D eigenvalue weighted by Gasteiger charge is 2.15. The Hall–Kier alpha value is -0.870. The van der Waals surface area contributed by atoms with E-state index in [0.29, 0.717) is 5.56 Å². The van der Waals surface area contributed by atoms with E-state index in [2.05, 4.69) is 14.7 Å². The van der Waals surface area contributed by atoms with Crippen LogP contribution in [0.1, 0.15) is 43.7 Å². The van der Waals surface area contributed by atoms with Crippen molar-refractivity contribution >= 4 is 29.2 Å². The largest absolute Gasteiger partial charge is 0.464 e. The lowest BCUT2D eigenvalue weighted by atomic mass is 10.2. The van der Waals surface area contributed by atoms with Crippen LogP contribution in [0.2, 0.25) is 10.4 Å². The Morgan fingerprint density at radius 1 is 1.12 bits per heavy atom. The molecule has 0 aliphatic carbocycles. The lowest BCUT2D eigenvalue weighted by Gasteiger charge is -2.03. The van der Waals surface area contributed by atoms with Gasteiger partial charge in [-0.25, -0.2) is 14.8 Å². The number of hydrogen-bond donors (Lipinski definition) is 0. The predicted molar refractivity (Wildman–Crippen MR) is 70.8 cm³/mol. The number of nitrogens with zero attached hydrogens (tertiary/aromatic N) is 2. The molecule has 0 spiro atoms. The summed E-state index contributed by atoms with van der Waals surface area (Å²) in [4.78, 5) is 18.5. The Morgan fingerprint density at radius 3 is 2.00 bits per heavy atom. The van der Waals surface area contributed by atoms with Crippen molar-refractivity contribution in [1.82, 2.24) is 9.97 Å². The summed E-state index contributed by atoms with van der Waals surface area (Å²) in [7, 11) is 1.26. The summed E-state index contributed by atoms with van der Waals surface area (Å²) in [5.74, 6) is -0.580. The van der Waals surface area contributed by atoms with Crippen LogP contribution in [0.25, 0.3) is 0 Å². The fourth-order valence-electron chi connectivity index (χ4n) is 0.759. The van der Waals surface area contributed by atoms with E-state index >= 15 is 0 Å². The van der Waals surface area contributed by atoms with Crippen LogP contribution >= 0.6 is 23.2 Å². The van der Waals surface area contributed by atoms with Crippen molar-refractivity contribution in [3.8, 4) is 0 Å². The molecule has 0 atom stereocenters. The third-order valence-electron chi connectivity index (χ3n) is 1.44. The van der Waals surface area contributed by atoms with Crippen LogP contribution in [0.3, 0.4) is 0 Å². The number of hydrogen-bond acceptors (Lipinski definition) is 4.